The van der Waals surface area contributed by atoms with Crippen molar-refractivity contribution in [1.82, 2.24) is 5.32 Å². The lowest BCUT2D eigenvalue weighted by Crippen LogP contribution is -2.19. The number of likely N-dealkylation sites (N-methyl/N-ethyl adjacent to an activating group) is 1. The molecule has 1 atom stereocenters. The zero-order chi connectivity index (χ0) is 13.1. The van der Waals surface area contributed by atoms with E-state index in [1.807, 2.05) is 19.2 Å². The van der Waals surface area contributed by atoms with Crippen LogP contribution in [0.3, 0.4) is 0 Å². The molecule has 0 bridgehead atoms. The van der Waals surface area contributed by atoms with Crippen LogP contribution < -0.4 is 5.32 Å². The van der Waals surface area contributed by atoms with E-state index in [1.54, 1.807) is 11.3 Å². The van der Waals surface area contributed by atoms with Gasteiger partial charge in [0, 0.05) is 26.8 Å². The van der Waals surface area contributed by atoms with Gasteiger partial charge in [-0.25, -0.2) is 0 Å². The Morgan fingerprint density at radius 3 is 2.78 bits per heavy atom. The SMILES string of the molecule is CNC(Cc1sccc1Br)c1cccc(Cl)c1C. The summed E-state index contributed by atoms with van der Waals surface area (Å²) < 4.78 is 1.19. The lowest BCUT2D eigenvalue weighted by molar-refractivity contribution is 0.592. The van der Waals surface area contributed by atoms with Gasteiger partial charge >= 0.3 is 0 Å². The average molecular weight is 345 g/mol. The van der Waals surface area contributed by atoms with E-state index in [2.05, 4.69) is 45.7 Å². The van der Waals surface area contributed by atoms with Gasteiger partial charge in [0.25, 0.3) is 0 Å². The van der Waals surface area contributed by atoms with Gasteiger partial charge in [-0.2, -0.15) is 0 Å². The fourth-order valence-electron chi connectivity index (χ4n) is 2.03. The normalized spacial score (nSPS) is 12.7. The molecule has 1 unspecified atom stereocenters. The molecule has 0 spiro atoms. The van der Waals surface area contributed by atoms with Gasteiger partial charge in [0.15, 0.2) is 0 Å². The number of hydrogen-bond donors (Lipinski definition) is 1. The third-order valence-electron chi connectivity index (χ3n) is 3.11. The van der Waals surface area contributed by atoms with Crippen molar-refractivity contribution in [3.05, 3.63) is 55.1 Å². The minimum Gasteiger partial charge on any atom is -0.313 e. The molecule has 0 radical (unpaired) electrons. The minimum absolute atomic E-state index is 0.290. The van der Waals surface area contributed by atoms with E-state index in [0.717, 1.165) is 17.0 Å². The topological polar surface area (TPSA) is 12.0 Å². The predicted octanol–water partition coefficient (Wildman–Crippen LogP) is 4.98. The Bertz CT molecular complexity index is 538. The van der Waals surface area contributed by atoms with Crippen molar-refractivity contribution in [1.29, 1.82) is 0 Å². The van der Waals surface area contributed by atoms with Crippen LogP contribution in [0.1, 0.15) is 22.0 Å². The first kappa shape index (κ1) is 14.1. The molecule has 2 rings (SSSR count). The minimum atomic E-state index is 0.290. The molecule has 4 heteroatoms. The standard InChI is InChI=1S/C14H15BrClNS/c1-9-10(4-3-5-12(9)16)13(17-2)8-14-11(15)6-7-18-14/h3-7,13,17H,8H2,1-2H3. The number of thiophene rings is 1. The third-order valence-corrected chi connectivity index (χ3v) is 5.47. The molecule has 1 aromatic carbocycles. The molecule has 1 nitrogen and oxygen atoms in total. The Kier molecular flexibility index (Phi) is 4.84. The van der Waals surface area contributed by atoms with Gasteiger partial charge in [-0.05, 0) is 58.5 Å². The molecule has 2 aromatic rings. The summed E-state index contributed by atoms with van der Waals surface area (Å²) in [5.74, 6) is 0. The maximum Gasteiger partial charge on any atom is 0.0438 e. The van der Waals surface area contributed by atoms with Crippen molar-refractivity contribution in [3.8, 4) is 0 Å². The van der Waals surface area contributed by atoms with Crippen molar-refractivity contribution < 1.29 is 0 Å². The highest BCUT2D eigenvalue weighted by Gasteiger charge is 2.15. The number of benzene rings is 1. The van der Waals surface area contributed by atoms with Crippen LogP contribution in [-0.2, 0) is 6.42 Å². The average Bonchev–Trinajstić information content (AvgIpc) is 2.76. The third kappa shape index (κ3) is 2.97. The maximum absolute atomic E-state index is 6.19. The van der Waals surface area contributed by atoms with Crippen molar-refractivity contribution in [3.63, 3.8) is 0 Å². The summed E-state index contributed by atoms with van der Waals surface area (Å²) in [6.07, 6.45) is 0.968. The summed E-state index contributed by atoms with van der Waals surface area (Å²) in [6.45, 7) is 2.07. The Labute approximate surface area is 125 Å². The van der Waals surface area contributed by atoms with Gasteiger partial charge in [-0.15, -0.1) is 11.3 Å². The van der Waals surface area contributed by atoms with Gasteiger partial charge in [-0.3, -0.25) is 0 Å². The van der Waals surface area contributed by atoms with Gasteiger partial charge in [0.05, 0.1) is 0 Å². The molecule has 18 heavy (non-hydrogen) atoms. The van der Waals surface area contributed by atoms with E-state index in [9.17, 15) is 0 Å². The van der Waals surface area contributed by atoms with Gasteiger partial charge in [0.1, 0.15) is 0 Å². The summed E-state index contributed by atoms with van der Waals surface area (Å²) in [7, 11) is 1.99. The van der Waals surface area contributed by atoms with Crippen LogP contribution in [-0.4, -0.2) is 7.05 Å². The highest BCUT2D eigenvalue weighted by molar-refractivity contribution is 9.10. The molecular formula is C14H15BrClNS. The molecule has 0 aliphatic rings. The molecule has 0 saturated heterocycles. The summed E-state index contributed by atoms with van der Waals surface area (Å²) in [5, 5.41) is 6.32. The van der Waals surface area contributed by atoms with Crippen molar-refractivity contribution in [2.75, 3.05) is 7.05 Å². The van der Waals surface area contributed by atoms with Crippen molar-refractivity contribution in [2.45, 2.75) is 19.4 Å². The first-order valence-corrected chi connectivity index (χ1v) is 7.82. The first-order valence-electron chi connectivity index (χ1n) is 5.77. The Hall–Kier alpha value is -0.350. The second-order valence-electron chi connectivity index (χ2n) is 4.19. The van der Waals surface area contributed by atoms with E-state index in [0.29, 0.717) is 6.04 Å². The number of halogens is 2. The molecule has 0 aliphatic heterocycles. The fraction of sp³-hybridized carbons (Fsp3) is 0.286. The molecule has 96 valence electrons. The molecule has 1 aromatic heterocycles. The number of rotatable bonds is 4. The highest BCUT2D eigenvalue weighted by Crippen LogP contribution is 2.31. The molecule has 0 amide bonds. The largest absolute Gasteiger partial charge is 0.313 e. The summed E-state index contributed by atoms with van der Waals surface area (Å²) in [6, 6.07) is 8.48. The predicted molar refractivity (Wildman–Crippen MR) is 83.7 cm³/mol. The molecule has 1 N–H and O–H groups in total. The Balaban J connectivity index is 2.29. The smallest absolute Gasteiger partial charge is 0.0438 e. The van der Waals surface area contributed by atoms with Crippen LogP contribution in [0.5, 0.6) is 0 Å². The van der Waals surface area contributed by atoms with E-state index in [4.69, 9.17) is 11.6 Å². The van der Waals surface area contributed by atoms with Crippen molar-refractivity contribution in [2.24, 2.45) is 0 Å². The Morgan fingerprint density at radius 2 is 2.17 bits per heavy atom. The van der Waals surface area contributed by atoms with Crippen LogP contribution in [0.4, 0.5) is 0 Å². The van der Waals surface area contributed by atoms with Crippen LogP contribution in [0.2, 0.25) is 5.02 Å². The maximum atomic E-state index is 6.19. The van der Waals surface area contributed by atoms with Crippen LogP contribution in [0.25, 0.3) is 0 Å². The molecule has 1 heterocycles. The van der Waals surface area contributed by atoms with Gasteiger partial charge in [-0.1, -0.05) is 23.7 Å². The molecule has 0 fully saturated rings. The number of nitrogens with one attached hydrogen (secondary N) is 1. The van der Waals surface area contributed by atoms with E-state index in [-0.39, 0.29) is 0 Å². The monoisotopic (exact) mass is 343 g/mol. The highest BCUT2D eigenvalue weighted by atomic mass is 79.9. The van der Waals surface area contributed by atoms with E-state index < -0.39 is 0 Å². The number of hydrogen-bond acceptors (Lipinski definition) is 2. The van der Waals surface area contributed by atoms with Crippen LogP contribution in [0, 0.1) is 6.92 Å². The molecule has 0 saturated carbocycles. The lowest BCUT2D eigenvalue weighted by Gasteiger charge is -2.19. The second-order valence-corrected chi connectivity index (χ2v) is 6.45. The summed E-state index contributed by atoms with van der Waals surface area (Å²) in [4.78, 5) is 1.36. The zero-order valence-electron chi connectivity index (χ0n) is 10.3. The van der Waals surface area contributed by atoms with Crippen molar-refractivity contribution >= 4 is 38.9 Å². The molecular weight excluding hydrogens is 330 g/mol. The van der Waals surface area contributed by atoms with E-state index in [1.165, 1.54) is 14.9 Å². The first-order chi connectivity index (χ1) is 8.63. The summed E-state index contributed by atoms with van der Waals surface area (Å²) >= 11 is 11.6. The zero-order valence-corrected chi connectivity index (χ0v) is 13.5. The molecule has 0 aliphatic carbocycles. The van der Waals surface area contributed by atoms with Crippen LogP contribution >= 0.6 is 38.9 Å². The van der Waals surface area contributed by atoms with Gasteiger partial charge in [0.2, 0.25) is 0 Å². The Morgan fingerprint density at radius 1 is 1.39 bits per heavy atom. The van der Waals surface area contributed by atoms with E-state index >= 15 is 0 Å². The fourth-order valence-corrected chi connectivity index (χ4v) is 3.77. The quantitative estimate of drug-likeness (QED) is 0.825. The second kappa shape index (κ2) is 6.20. The summed E-state index contributed by atoms with van der Waals surface area (Å²) in [5.41, 5.74) is 2.43. The lowest BCUT2D eigenvalue weighted by atomic mass is 9.98. The van der Waals surface area contributed by atoms with Crippen LogP contribution in [0.15, 0.2) is 34.1 Å². The van der Waals surface area contributed by atoms with Gasteiger partial charge < -0.3 is 5.32 Å².